The van der Waals surface area contributed by atoms with Gasteiger partial charge in [0, 0.05) is 0 Å². The van der Waals surface area contributed by atoms with E-state index >= 15 is 0 Å². The molecule has 1 aromatic rings. The molecule has 7 nitrogen and oxygen atoms in total. The summed E-state index contributed by atoms with van der Waals surface area (Å²) < 4.78 is 10.1. The number of likely N-dealkylation sites (N-methyl/N-ethyl adjacent to an activating group) is 1. The Kier molecular flexibility index (Phi) is 9.29. The normalized spacial score (nSPS) is 11.7. The van der Waals surface area contributed by atoms with Crippen molar-refractivity contribution >= 4 is 34.2 Å². The molecule has 1 amide bonds. The number of esters is 2. The lowest BCUT2D eigenvalue weighted by molar-refractivity contribution is -0.871. The van der Waals surface area contributed by atoms with Crippen LogP contribution in [0.4, 0.5) is 5.00 Å². The third-order valence-electron chi connectivity index (χ3n) is 3.76. The average molecular weight is 386 g/mol. The molecule has 0 spiro atoms. The number of carbonyl (C=O) groups is 3. The van der Waals surface area contributed by atoms with Crippen LogP contribution in [0.5, 0.6) is 0 Å². The van der Waals surface area contributed by atoms with Crippen molar-refractivity contribution in [2.24, 2.45) is 0 Å². The Labute approximate surface area is 158 Å². The van der Waals surface area contributed by atoms with Crippen LogP contribution in [0, 0.1) is 6.92 Å². The first kappa shape index (κ1) is 22.1. The second-order valence-electron chi connectivity index (χ2n) is 5.99. The number of hydrogen-bond donors (Lipinski definition) is 2. The van der Waals surface area contributed by atoms with Gasteiger partial charge in [0.25, 0.3) is 5.91 Å². The second kappa shape index (κ2) is 10.9. The molecule has 146 valence electrons. The Bertz CT molecular complexity index is 642. The fourth-order valence-corrected chi connectivity index (χ4v) is 3.56. The molecule has 1 heterocycles. The van der Waals surface area contributed by atoms with Crippen LogP contribution in [0.1, 0.15) is 59.2 Å². The summed E-state index contributed by atoms with van der Waals surface area (Å²) in [7, 11) is 1.95. The predicted octanol–water partition coefficient (Wildman–Crippen LogP) is 1.66. The molecule has 0 aliphatic rings. The highest BCUT2D eigenvalue weighted by Gasteiger charge is 2.27. The summed E-state index contributed by atoms with van der Waals surface area (Å²) in [5, 5.41) is 3.10. The summed E-state index contributed by atoms with van der Waals surface area (Å²) in [6, 6.07) is 0. The molecular weight excluding hydrogens is 356 g/mol. The lowest BCUT2D eigenvalue weighted by Crippen LogP contribution is -3.10. The van der Waals surface area contributed by atoms with Crippen molar-refractivity contribution in [1.29, 1.82) is 0 Å². The van der Waals surface area contributed by atoms with Gasteiger partial charge in [-0.05, 0) is 32.8 Å². The van der Waals surface area contributed by atoms with E-state index in [9.17, 15) is 14.4 Å². The van der Waals surface area contributed by atoms with E-state index in [-0.39, 0.29) is 31.2 Å². The summed E-state index contributed by atoms with van der Waals surface area (Å²) in [6.45, 7) is 8.80. The lowest BCUT2D eigenvalue weighted by Gasteiger charge is -2.13. The minimum absolute atomic E-state index is 0.208. The SMILES string of the molecule is CCCC[NH+](C)CC(=O)Nc1sc(C(=O)OCC)c(C)c1C(=O)OCC. The largest absolute Gasteiger partial charge is 0.462 e. The van der Waals surface area contributed by atoms with E-state index in [0.29, 0.717) is 15.4 Å². The minimum Gasteiger partial charge on any atom is -0.462 e. The molecule has 0 aliphatic heterocycles. The monoisotopic (exact) mass is 385 g/mol. The van der Waals surface area contributed by atoms with Gasteiger partial charge in [-0.25, -0.2) is 9.59 Å². The van der Waals surface area contributed by atoms with Crippen LogP contribution in [0.2, 0.25) is 0 Å². The van der Waals surface area contributed by atoms with Crippen LogP contribution in [0.3, 0.4) is 0 Å². The lowest BCUT2D eigenvalue weighted by atomic mass is 10.1. The molecule has 8 heteroatoms. The zero-order chi connectivity index (χ0) is 19.7. The maximum absolute atomic E-state index is 12.3. The number of quaternary nitrogens is 1. The van der Waals surface area contributed by atoms with E-state index in [0.717, 1.165) is 35.6 Å². The van der Waals surface area contributed by atoms with Gasteiger partial charge in [0.05, 0.1) is 32.4 Å². The van der Waals surface area contributed by atoms with E-state index in [4.69, 9.17) is 9.47 Å². The van der Waals surface area contributed by atoms with Crippen molar-refractivity contribution in [3.63, 3.8) is 0 Å². The fraction of sp³-hybridized carbons (Fsp3) is 0.611. The summed E-state index contributed by atoms with van der Waals surface area (Å²) in [5.74, 6) is -1.27. The summed E-state index contributed by atoms with van der Waals surface area (Å²) >= 11 is 1.05. The van der Waals surface area contributed by atoms with Crippen LogP contribution in [-0.4, -0.2) is 51.2 Å². The van der Waals surface area contributed by atoms with E-state index < -0.39 is 11.9 Å². The highest BCUT2D eigenvalue weighted by atomic mass is 32.1. The van der Waals surface area contributed by atoms with Crippen molar-refractivity contribution in [1.82, 2.24) is 0 Å². The Morgan fingerprint density at radius 3 is 2.27 bits per heavy atom. The molecule has 0 saturated heterocycles. The van der Waals surface area contributed by atoms with Crippen LogP contribution < -0.4 is 10.2 Å². The quantitative estimate of drug-likeness (QED) is 0.598. The Morgan fingerprint density at radius 1 is 1.08 bits per heavy atom. The maximum atomic E-state index is 12.3. The third-order valence-corrected chi connectivity index (χ3v) is 4.95. The minimum atomic E-state index is -0.557. The summed E-state index contributed by atoms with van der Waals surface area (Å²) in [4.78, 5) is 38.1. The van der Waals surface area contributed by atoms with Crippen LogP contribution in [-0.2, 0) is 14.3 Å². The maximum Gasteiger partial charge on any atom is 0.348 e. The zero-order valence-electron chi connectivity index (χ0n) is 16.2. The van der Waals surface area contributed by atoms with Gasteiger partial charge < -0.3 is 19.7 Å². The highest BCUT2D eigenvalue weighted by Crippen LogP contribution is 2.34. The van der Waals surface area contributed by atoms with Crippen molar-refractivity contribution in [3.8, 4) is 0 Å². The Morgan fingerprint density at radius 2 is 1.69 bits per heavy atom. The number of nitrogens with one attached hydrogen (secondary N) is 2. The molecule has 2 N–H and O–H groups in total. The van der Waals surface area contributed by atoms with Crippen LogP contribution >= 0.6 is 11.3 Å². The zero-order valence-corrected chi connectivity index (χ0v) is 17.0. The third kappa shape index (κ3) is 6.10. The molecular formula is C18H29N2O5S+. The molecule has 1 unspecified atom stereocenters. The van der Waals surface area contributed by atoms with E-state index in [1.165, 1.54) is 0 Å². The van der Waals surface area contributed by atoms with Gasteiger partial charge in [0.1, 0.15) is 9.88 Å². The van der Waals surface area contributed by atoms with Gasteiger partial charge in [-0.3, -0.25) is 4.79 Å². The molecule has 0 aliphatic carbocycles. The summed E-state index contributed by atoms with van der Waals surface area (Å²) in [5.41, 5.74) is 0.688. The number of amides is 1. The topological polar surface area (TPSA) is 86.1 Å². The molecule has 1 rings (SSSR count). The van der Waals surface area contributed by atoms with Gasteiger partial charge in [-0.15, -0.1) is 11.3 Å². The van der Waals surface area contributed by atoms with E-state index in [1.54, 1.807) is 20.8 Å². The molecule has 1 aromatic heterocycles. The predicted molar refractivity (Wildman–Crippen MR) is 101 cm³/mol. The molecule has 0 aromatic carbocycles. The number of carbonyl (C=O) groups excluding carboxylic acids is 3. The molecule has 0 radical (unpaired) electrons. The number of unbranched alkanes of at least 4 members (excludes halogenated alkanes) is 1. The summed E-state index contributed by atoms with van der Waals surface area (Å²) in [6.07, 6.45) is 2.11. The molecule has 1 atom stereocenters. The van der Waals surface area contributed by atoms with Crippen molar-refractivity contribution in [2.45, 2.75) is 40.5 Å². The molecule has 0 saturated carbocycles. The second-order valence-corrected chi connectivity index (χ2v) is 7.01. The van der Waals surface area contributed by atoms with E-state index in [1.807, 2.05) is 7.05 Å². The molecule has 0 fully saturated rings. The van der Waals surface area contributed by atoms with Gasteiger partial charge in [0.15, 0.2) is 6.54 Å². The van der Waals surface area contributed by atoms with E-state index in [2.05, 4.69) is 12.2 Å². The molecule has 26 heavy (non-hydrogen) atoms. The van der Waals surface area contributed by atoms with Gasteiger partial charge in [0.2, 0.25) is 0 Å². The number of ether oxygens (including phenoxy) is 2. The standard InChI is InChI=1S/C18H28N2O5S/c1-6-9-10-20(5)11-13(21)19-16-14(17(22)24-7-2)12(4)15(26-16)18(23)25-8-3/h6-11H2,1-5H3,(H,19,21)/p+1. The van der Waals surface area contributed by atoms with Gasteiger partial charge in [-0.1, -0.05) is 13.3 Å². The van der Waals surface area contributed by atoms with Crippen molar-refractivity contribution in [3.05, 3.63) is 16.0 Å². The van der Waals surface area contributed by atoms with Gasteiger partial charge in [-0.2, -0.15) is 0 Å². The smallest absolute Gasteiger partial charge is 0.348 e. The van der Waals surface area contributed by atoms with Gasteiger partial charge >= 0.3 is 11.9 Å². The average Bonchev–Trinajstić information content (AvgIpc) is 2.89. The van der Waals surface area contributed by atoms with Crippen LogP contribution in [0.25, 0.3) is 0 Å². The first-order chi connectivity index (χ1) is 12.3. The number of anilines is 1. The van der Waals surface area contributed by atoms with Crippen molar-refractivity contribution in [2.75, 3.05) is 38.7 Å². The van der Waals surface area contributed by atoms with Crippen molar-refractivity contribution < 1.29 is 28.8 Å². The number of hydrogen-bond acceptors (Lipinski definition) is 6. The Hall–Kier alpha value is -1.93. The number of thiophene rings is 1. The first-order valence-electron chi connectivity index (χ1n) is 8.94. The van der Waals surface area contributed by atoms with Crippen LogP contribution in [0.15, 0.2) is 0 Å². The number of rotatable bonds is 10. The highest BCUT2D eigenvalue weighted by molar-refractivity contribution is 7.18. The first-order valence-corrected chi connectivity index (χ1v) is 9.75. The Balaban J connectivity index is 3.03. The fourth-order valence-electron chi connectivity index (χ4n) is 2.45. The molecule has 0 bridgehead atoms.